The Balaban J connectivity index is 1.92. The zero-order chi connectivity index (χ0) is 15.4. The standard InChI is InChI=1S/C14H16ClFN2O3/c15-10-3-4-12(11(16)5-10)17-13(19)7-18(8-14(20)21)6-9-1-2-9/h3-5,9H,1-2,6-8H2,(H,17,19)(H,20,21). The minimum atomic E-state index is -0.985. The van der Waals surface area contributed by atoms with Crippen LogP contribution in [-0.4, -0.2) is 41.5 Å². The molecule has 1 fully saturated rings. The lowest BCUT2D eigenvalue weighted by Crippen LogP contribution is -2.38. The van der Waals surface area contributed by atoms with Gasteiger partial charge < -0.3 is 10.4 Å². The number of rotatable bonds is 7. The van der Waals surface area contributed by atoms with Gasteiger partial charge in [-0.3, -0.25) is 14.5 Å². The summed E-state index contributed by atoms with van der Waals surface area (Å²) in [5, 5.41) is 11.5. The quantitative estimate of drug-likeness (QED) is 0.809. The van der Waals surface area contributed by atoms with Gasteiger partial charge in [0.1, 0.15) is 5.82 Å². The van der Waals surface area contributed by atoms with Crippen molar-refractivity contribution in [2.45, 2.75) is 12.8 Å². The van der Waals surface area contributed by atoms with Crippen LogP contribution in [0.3, 0.4) is 0 Å². The summed E-state index contributed by atoms with van der Waals surface area (Å²) < 4.78 is 13.6. The van der Waals surface area contributed by atoms with E-state index in [0.717, 1.165) is 18.9 Å². The van der Waals surface area contributed by atoms with Crippen molar-refractivity contribution in [2.75, 3.05) is 25.0 Å². The first-order valence-corrected chi connectivity index (χ1v) is 7.01. The Morgan fingerprint density at radius 3 is 2.67 bits per heavy atom. The number of carbonyl (C=O) groups is 2. The molecule has 1 saturated carbocycles. The first-order chi connectivity index (χ1) is 9.94. The second-order valence-corrected chi connectivity index (χ2v) is 5.62. The molecule has 0 heterocycles. The Hall–Kier alpha value is -1.66. The van der Waals surface area contributed by atoms with E-state index in [1.54, 1.807) is 4.90 Å². The Morgan fingerprint density at radius 1 is 1.38 bits per heavy atom. The minimum Gasteiger partial charge on any atom is -0.480 e. The molecule has 1 aliphatic carbocycles. The Labute approximate surface area is 126 Å². The summed E-state index contributed by atoms with van der Waals surface area (Å²) in [6, 6.07) is 3.95. The van der Waals surface area contributed by atoms with E-state index in [4.69, 9.17) is 16.7 Å². The fourth-order valence-electron chi connectivity index (χ4n) is 2.03. The van der Waals surface area contributed by atoms with Crippen molar-refractivity contribution in [1.29, 1.82) is 0 Å². The number of carboxylic acids is 1. The number of benzene rings is 1. The van der Waals surface area contributed by atoms with Crippen LogP contribution in [0.5, 0.6) is 0 Å². The summed E-state index contributed by atoms with van der Waals surface area (Å²) in [5.74, 6) is -1.59. The number of carboxylic acid groups (broad SMARTS) is 1. The lowest BCUT2D eigenvalue weighted by atomic mass is 10.3. The van der Waals surface area contributed by atoms with Crippen molar-refractivity contribution < 1.29 is 19.1 Å². The van der Waals surface area contributed by atoms with Crippen molar-refractivity contribution in [3.8, 4) is 0 Å². The molecule has 5 nitrogen and oxygen atoms in total. The third kappa shape index (κ3) is 5.32. The highest BCUT2D eigenvalue weighted by molar-refractivity contribution is 6.30. The van der Waals surface area contributed by atoms with Gasteiger partial charge in [0.15, 0.2) is 0 Å². The molecule has 0 aliphatic heterocycles. The maximum absolute atomic E-state index is 13.6. The number of hydrogen-bond acceptors (Lipinski definition) is 3. The van der Waals surface area contributed by atoms with Crippen molar-refractivity contribution >= 4 is 29.2 Å². The lowest BCUT2D eigenvalue weighted by Gasteiger charge is -2.19. The molecule has 0 radical (unpaired) electrons. The van der Waals surface area contributed by atoms with Crippen LogP contribution < -0.4 is 5.32 Å². The molecule has 0 aromatic heterocycles. The largest absolute Gasteiger partial charge is 0.480 e. The third-order valence-electron chi connectivity index (χ3n) is 3.14. The van der Waals surface area contributed by atoms with E-state index in [0.29, 0.717) is 12.5 Å². The molecule has 0 unspecified atom stereocenters. The predicted molar refractivity (Wildman–Crippen MR) is 76.8 cm³/mol. The van der Waals surface area contributed by atoms with Gasteiger partial charge in [-0.05, 0) is 37.0 Å². The monoisotopic (exact) mass is 314 g/mol. The van der Waals surface area contributed by atoms with Crippen LogP contribution in [0.25, 0.3) is 0 Å². The van der Waals surface area contributed by atoms with Gasteiger partial charge in [-0.2, -0.15) is 0 Å². The van der Waals surface area contributed by atoms with Crippen molar-refractivity contribution in [3.05, 3.63) is 29.0 Å². The topological polar surface area (TPSA) is 69.6 Å². The molecule has 2 N–H and O–H groups in total. The van der Waals surface area contributed by atoms with Gasteiger partial charge in [0.05, 0.1) is 18.8 Å². The van der Waals surface area contributed by atoms with Gasteiger partial charge in [-0.25, -0.2) is 4.39 Å². The van der Waals surface area contributed by atoms with Gasteiger partial charge in [-0.15, -0.1) is 0 Å². The minimum absolute atomic E-state index is 0.0334. The highest BCUT2D eigenvalue weighted by Crippen LogP contribution is 2.29. The molecule has 0 atom stereocenters. The number of halogens is 2. The molecule has 0 bridgehead atoms. The smallest absolute Gasteiger partial charge is 0.317 e. The van der Waals surface area contributed by atoms with Crippen LogP contribution in [0.1, 0.15) is 12.8 Å². The number of amides is 1. The SMILES string of the molecule is O=C(O)CN(CC(=O)Nc1ccc(Cl)cc1F)CC1CC1. The maximum Gasteiger partial charge on any atom is 0.317 e. The Morgan fingerprint density at radius 2 is 2.10 bits per heavy atom. The summed E-state index contributed by atoms with van der Waals surface area (Å²) in [6.45, 7) is 0.292. The number of carbonyl (C=O) groups excluding carboxylic acids is 1. The average Bonchev–Trinajstić information content (AvgIpc) is 3.15. The van der Waals surface area contributed by atoms with E-state index >= 15 is 0 Å². The summed E-state index contributed by atoms with van der Waals surface area (Å²) >= 11 is 5.63. The van der Waals surface area contributed by atoms with Gasteiger partial charge in [-0.1, -0.05) is 11.6 Å². The van der Waals surface area contributed by atoms with E-state index in [-0.39, 0.29) is 23.8 Å². The first kappa shape index (κ1) is 15.7. The van der Waals surface area contributed by atoms with Crippen LogP contribution >= 0.6 is 11.6 Å². The second-order valence-electron chi connectivity index (χ2n) is 5.18. The zero-order valence-corrected chi connectivity index (χ0v) is 12.1. The molecule has 1 aliphatic rings. The second kappa shape index (κ2) is 6.87. The van der Waals surface area contributed by atoms with Crippen LogP contribution in [0, 0.1) is 11.7 Å². The van der Waals surface area contributed by atoms with E-state index in [9.17, 15) is 14.0 Å². The number of nitrogens with zero attached hydrogens (tertiary/aromatic N) is 1. The summed E-state index contributed by atoms with van der Waals surface area (Å²) in [5.41, 5.74) is 0.0334. The fraction of sp³-hybridized carbons (Fsp3) is 0.429. The first-order valence-electron chi connectivity index (χ1n) is 6.63. The van der Waals surface area contributed by atoms with Gasteiger partial charge in [0.25, 0.3) is 0 Å². The highest BCUT2D eigenvalue weighted by atomic mass is 35.5. The molecule has 1 aromatic rings. The lowest BCUT2D eigenvalue weighted by molar-refractivity contribution is -0.138. The molecular formula is C14H16ClFN2O3. The van der Waals surface area contributed by atoms with Crippen molar-refractivity contribution in [3.63, 3.8) is 0 Å². The summed E-state index contributed by atoms with van der Waals surface area (Å²) in [6.07, 6.45) is 2.12. The van der Waals surface area contributed by atoms with Crippen LogP contribution in [0.4, 0.5) is 10.1 Å². The van der Waals surface area contributed by atoms with E-state index in [2.05, 4.69) is 5.32 Å². The van der Waals surface area contributed by atoms with E-state index in [1.807, 2.05) is 0 Å². The molecule has 21 heavy (non-hydrogen) atoms. The van der Waals surface area contributed by atoms with Gasteiger partial charge in [0, 0.05) is 11.6 Å². The summed E-state index contributed by atoms with van der Waals surface area (Å²) in [4.78, 5) is 24.3. The van der Waals surface area contributed by atoms with Crippen molar-refractivity contribution in [1.82, 2.24) is 4.90 Å². The summed E-state index contributed by atoms with van der Waals surface area (Å²) in [7, 11) is 0. The van der Waals surface area contributed by atoms with E-state index in [1.165, 1.54) is 12.1 Å². The molecule has 2 rings (SSSR count). The molecular weight excluding hydrogens is 299 g/mol. The zero-order valence-electron chi connectivity index (χ0n) is 11.3. The molecule has 0 saturated heterocycles. The fourth-order valence-corrected chi connectivity index (χ4v) is 2.18. The Kier molecular flexibility index (Phi) is 5.14. The van der Waals surface area contributed by atoms with Gasteiger partial charge >= 0.3 is 5.97 Å². The number of anilines is 1. The highest BCUT2D eigenvalue weighted by Gasteiger charge is 2.26. The number of nitrogens with one attached hydrogen (secondary N) is 1. The normalized spacial score (nSPS) is 14.2. The third-order valence-corrected chi connectivity index (χ3v) is 3.38. The molecule has 1 aromatic carbocycles. The molecule has 7 heteroatoms. The predicted octanol–water partition coefficient (Wildman–Crippen LogP) is 2.21. The number of hydrogen-bond donors (Lipinski definition) is 2. The average molecular weight is 315 g/mol. The van der Waals surface area contributed by atoms with Crippen LogP contribution in [0.2, 0.25) is 5.02 Å². The van der Waals surface area contributed by atoms with Crippen LogP contribution in [-0.2, 0) is 9.59 Å². The van der Waals surface area contributed by atoms with Gasteiger partial charge in [0.2, 0.25) is 5.91 Å². The van der Waals surface area contributed by atoms with Crippen molar-refractivity contribution in [2.24, 2.45) is 5.92 Å². The Bertz CT molecular complexity index is 549. The molecule has 114 valence electrons. The number of aliphatic carboxylic acids is 1. The maximum atomic E-state index is 13.6. The van der Waals surface area contributed by atoms with Crippen LogP contribution in [0.15, 0.2) is 18.2 Å². The molecule has 1 amide bonds. The molecule has 0 spiro atoms. The van der Waals surface area contributed by atoms with E-state index < -0.39 is 17.7 Å².